The molecule has 0 bridgehead atoms. The number of carbonyl (C=O) groups excluding carboxylic acids is 1. The van der Waals surface area contributed by atoms with E-state index in [1.807, 2.05) is 6.07 Å². The van der Waals surface area contributed by atoms with E-state index < -0.39 is 10.2 Å². The smallest absolute Gasteiger partial charge is 0.279 e. The third kappa shape index (κ3) is 5.36. The maximum Gasteiger partial charge on any atom is 0.279 e. The summed E-state index contributed by atoms with van der Waals surface area (Å²) in [5.74, 6) is 0.0393. The van der Waals surface area contributed by atoms with E-state index in [-0.39, 0.29) is 18.0 Å². The number of amides is 1. The second kappa shape index (κ2) is 9.12. The lowest BCUT2D eigenvalue weighted by molar-refractivity contribution is -0.123. The first-order chi connectivity index (χ1) is 14.0. The number of carbonyl (C=O) groups is 1. The van der Waals surface area contributed by atoms with Crippen LogP contribution >= 0.6 is 0 Å². The fourth-order valence-electron chi connectivity index (χ4n) is 4.81. The second-order valence-corrected chi connectivity index (χ2v) is 10.3. The van der Waals surface area contributed by atoms with Crippen LogP contribution in [0.2, 0.25) is 0 Å². The largest absolute Gasteiger partial charge is 0.352 e. The first-order valence-corrected chi connectivity index (χ1v) is 12.3. The first kappa shape index (κ1) is 20.8. The molecule has 1 aliphatic carbocycles. The second-order valence-electron chi connectivity index (χ2n) is 8.59. The molecule has 1 saturated heterocycles. The topological polar surface area (TPSA) is 81.8 Å². The zero-order chi connectivity index (χ0) is 20.3. The minimum atomic E-state index is -3.40. The Labute approximate surface area is 174 Å². The van der Waals surface area contributed by atoms with Crippen LogP contribution in [0.15, 0.2) is 24.3 Å². The predicted octanol–water partition coefficient (Wildman–Crippen LogP) is 1.40. The molecule has 2 fully saturated rings. The maximum absolute atomic E-state index is 12.6. The quantitative estimate of drug-likeness (QED) is 0.729. The molecule has 1 aromatic carbocycles. The van der Waals surface area contributed by atoms with Crippen LogP contribution in [0, 0.1) is 0 Å². The van der Waals surface area contributed by atoms with Gasteiger partial charge in [-0.2, -0.15) is 17.4 Å². The van der Waals surface area contributed by atoms with Gasteiger partial charge in [-0.3, -0.25) is 9.69 Å². The Morgan fingerprint density at radius 2 is 1.72 bits per heavy atom. The molecule has 7 nitrogen and oxygen atoms in total. The summed E-state index contributed by atoms with van der Waals surface area (Å²) in [5, 5.41) is 3.15. The number of nitrogens with one attached hydrogen (secondary N) is 2. The van der Waals surface area contributed by atoms with Gasteiger partial charge >= 0.3 is 0 Å². The summed E-state index contributed by atoms with van der Waals surface area (Å²) >= 11 is 0. The molecule has 2 heterocycles. The van der Waals surface area contributed by atoms with Crippen molar-refractivity contribution in [1.82, 2.24) is 19.2 Å². The van der Waals surface area contributed by atoms with Gasteiger partial charge < -0.3 is 5.32 Å². The van der Waals surface area contributed by atoms with Gasteiger partial charge in [0.1, 0.15) is 0 Å². The summed E-state index contributed by atoms with van der Waals surface area (Å²) in [4.78, 5) is 14.8. The number of rotatable bonds is 6. The molecule has 160 valence electrons. The highest BCUT2D eigenvalue weighted by Gasteiger charge is 2.31. The van der Waals surface area contributed by atoms with Crippen LogP contribution < -0.4 is 10.0 Å². The summed E-state index contributed by atoms with van der Waals surface area (Å²) in [6.45, 7) is 3.33. The van der Waals surface area contributed by atoms with Gasteiger partial charge in [-0.15, -0.1) is 0 Å². The molecule has 2 atom stereocenters. The average molecular weight is 421 g/mol. The number of hydrogen-bond acceptors (Lipinski definition) is 4. The van der Waals surface area contributed by atoms with Crippen molar-refractivity contribution in [2.75, 3.05) is 26.2 Å². The molecule has 1 saturated carbocycles. The molecule has 1 aromatic rings. The fraction of sp³-hybridized carbons (Fsp3) is 0.667. The van der Waals surface area contributed by atoms with Crippen molar-refractivity contribution < 1.29 is 13.2 Å². The van der Waals surface area contributed by atoms with Gasteiger partial charge in [0.05, 0.1) is 6.54 Å². The van der Waals surface area contributed by atoms with Crippen LogP contribution in [0.3, 0.4) is 0 Å². The van der Waals surface area contributed by atoms with Gasteiger partial charge in [0, 0.05) is 38.3 Å². The highest BCUT2D eigenvalue weighted by Crippen LogP contribution is 2.22. The summed E-state index contributed by atoms with van der Waals surface area (Å²) in [6, 6.07) is 8.36. The van der Waals surface area contributed by atoms with Crippen molar-refractivity contribution in [3.05, 3.63) is 35.4 Å². The van der Waals surface area contributed by atoms with E-state index in [4.69, 9.17) is 0 Å². The molecule has 3 aliphatic rings. The Bertz CT molecular complexity index is 823. The molecular formula is C21H32N4O3S. The number of nitrogens with zero attached hydrogens (tertiary/aromatic N) is 2. The Hall–Kier alpha value is -1.48. The molecular weight excluding hydrogens is 388 g/mol. The Kier molecular flexibility index (Phi) is 6.53. The molecule has 29 heavy (non-hydrogen) atoms. The lowest BCUT2D eigenvalue weighted by atomic mass is 9.91. The van der Waals surface area contributed by atoms with Gasteiger partial charge in [-0.25, -0.2) is 0 Å². The molecule has 2 N–H and O–H groups in total. The number of fused-ring (bicyclic) bond motifs is 1. The van der Waals surface area contributed by atoms with Gasteiger partial charge in [-0.05, 0) is 56.1 Å². The zero-order valence-corrected chi connectivity index (χ0v) is 17.8. The van der Waals surface area contributed by atoms with Crippen LogP contribution in [0.4, 0.5) is 0 Å². The molecule has 4 rings (SSSR count). The van der Waals surface area contributed by atoms with E-state index in [1.165, 1.54) is 11.1 Å². The highest BCUT2D eigenvalue weighted by atomic mass is 32.2. The molecule has 0 radical (unpaired) electrons. The first-order valence-electron chi connectivity index (χ1n) is 10.9. The van der Waals surface area contributed by atoms with Crippen molar-refractivity contribution in [1.29, 1.82) is 0 Å². The average Bonchev–Trinajstić information content (AvgIpc) is 3.24. The SMILES string of the molecule is O=C(CN1CCc2ccccc2C1)N[C@@H]1CCC[C@@H](NS(=O)(=O)N2CCCC2)C1. The standard InChI is InChI=1S/C21H32N4O3S/c26-21(16-24-13-10-17-6-1-2-7-18(17)15-24)22-19-8-5-9-20(14-19)23-29(27,28)25-11-3-4-12-25/h1-2,6-7,19-20,23H,3-5,8-16H2,(H,22,26)/t19-,20-/m1/s1. The zero-order valence-electron chi connectivity index (χ0n) is 17.0. The van der Waals surface area contributed by atoms with Gasteiger partial charge in [0.25, 0.3) is 10.2 Å². The highest BCUT2D eigenvalue weighted by molar-refractivity contribution is 7.87. The van der Waals surface area contributed by atoms with E-state index in [2.05, 4.69) is 33.1 Å². The minimum Gasteiger partial charge on any atom is -0.352 e. The third-order valence-corrected chi connectivity index (χ3v) is 8.01. The van der Waals surface area contributed by atoms with Crippen molar-refractivity contribution in [2.45, 2.75) is 63.6 Å². The summed E-state index contributed by atoms with van der Waals surface area (Å²) < 4.78 is 29.4. The van der Waals surface area contributed by atoms with Gasteiger partial charge in [0.15, 0.2) is 0 Å². The summed E-state index contributed by atoms with van der Waals surface area (Å²) in [7, 11) is -3.40. The van der Waals surface area contributed by atoms with E-state index >= 15 is 0 Å². The molecule has 0 aromatic heterocycles. The van der Waals surface area contributed by atoms with Crippen LogP contribution in [0.5, 0.6) is 0 Å². The molecule has 1 amide bonds. The van der Waals surface area contributed by atoms with Crippen LogP contribution in [0.25, 0.3) is 0 Å². The fourth-order valence-corrected chi connectivity index (χ4v) is 6.33. The Morgan fingerprint density at radius 1 is 1.00 bits per heavy atom. The van der Waals surface area contributed by atoms with Crippen LogP contribution in [-0.2, 0) is 28.0 Å². The van der Waals surface area contributed by atoms with Gasteiger partial charge in [-0.1, -0.05) is 24.3 Å². The Balaban J connectivity index is 1.25. The lowest BCUT2D eigenvalue weighted by Gasteiger charge is -2.32. The predicted molar refractivity (Wildman–Crippen MR) is 112 cm³/mol. The van der Waals surface area contributed by atoms with E-state index in [0.29, 0.717) is 26.1 Å². The van der Waals surface area contributed by atoms with Crippen LogP contribution in [-0.4, -0.2) is 61.8 Å². The van der Waals surface area contributed by atoms with E-state index in [0.717, 1.165) is 51.6 Å². The molecule has 0 spiro atoms. The molecule has 8 heteroatoms. The monoisotopic (exact) mass is 420 g/mol. The minimum absolute atomic E-state index is 0.0393. The summed E-state index contributed by atoms with van der Waals surface area (Å²) in [6.07, 6.45) is 6.19. The lowest BCUT2D eigenvalue weighted by Crippen LogP contribution is -2.50. The van der Waals surface area contributed by atoms with Crippen molar-refractivity contribution in [2.24, 2.45) is 0 Å². The van der Waals surface area contributed by atoms with Crippen molar-refractivity contribution >= 4 is 16.1 Å². The van der Waals surface area contributed by atoms with Crippen molar-refractivity contribution in [3.8, 4) is 0 Å². The molecule has 2 aliphatic heterocycles. The maximum atomic E-state index is 12.6. The molecule has 0 unspecified atom stereocenters. The Morgan fingerprint density at radius 3 is 2.52 bits per heavy atom. The van der Waals surface area contributed by atoms with Crippen molar-refractivity contribution in [3.63, 3.8) is 0 Å². The normalized spacial score (nSPS) is 26.2. The summed E-state index contributed by atoms with van der Waals surface area (Å²) in [5.41, 5.74) is 2.69. The van der Waals surface area contributed by atoms with Crippen LogP contribution in [0.1, 0.15) is 49.7 Å². The van der Waals surface area contributed by atoms with Gasteiger partial charge in [0.2, 0.25) is 5.91 Å². The number of benzene rings is 1. The third-order valence-electron chi connectivity index (χ3n) is 6.34. The van der Waals surface area contributed by atoms with E-state index in [9.17, 15) is 13.2 Å². The number of hydrogen-bond donors (Lipinski definition) is 2. The van der Waals surface area contributed by atoms with E-state index in [1.54, 1.807) is 4.31 Å².